The van der Waals surface area contributed by atoms with Gasteiger partial charge in [0.2, 0.25) is 0 Å². The maximum Gasteiger partial charge on any atom is 0.490 e. The second-order valence-corrected chi connectivity index (χ2v) is 8.61. The van der Waals surface area contributed by atoms with Gasteiger partial charge < -0.3 is 19.6 Å². The van der Waals surface area contributed by atoms with E-state index in [1.807, 2.05) is 0 Å². The van der Waals surface area contributed by atoms with Crippen LogP contribution in [0.25, 0.3) is 0 Å². The van der Waals surface area contributed by atoms with Crippen molar-refractivity contribution in [3.63, 3.8) is 0 Å². The Morgan fingerprint density at radius 2 is 1.29 bits per heavy atom. The lowest BCUT2D eigenvalue weighted by atomic mass is 10.1. The third kappa shape index (κ3) is 13.8. The molecule has 10 nitrogen and oxygen atoms in total. The van der Waals surface area contributed by atoms with E-state index in [0.29, 0.717) is 6.42 Å². The minimum atomic E-state index is -5.41. The molecule has 2 atom stereocenters. The molecule has 0 rings (SSSR count). The molecule has 0 aliphatic carbocycles. The van der Waals surface area contributed by atoms with E-state index in [0.717, 1.165) is 32.1 Å². The van der Waals surface area contributed by atoms with Gasteiger partial charge in [0.15, 0.2) is 0 Å². The third-order valence-corrected chi connectivity index (χ3v) is 6.00. The van der Waals surface area contributed by atoms with Gasteiger partial charge in [-0.05, 0) is 6.42 Å². The number of phosphoric ester groups is 1. The molecule has 0 fully saturated rings. The summed E-state index contributed by atoms with van der Waals surface area (Å²) in [7, 11) is -15.7. The molecule has 128 valence electrons. The molecule has 0 saturated carbocycles. The van der Waals surface area contributed by atoms with Crippen LogP contribution >= 0.6 is 23.5 Å². The van der Waals surface area contributed by atoms with Gasteiger partial charge in [0.05, 0.1) is 6.61 Å². The predicted molar refractivity (Wildman–Crippen MR) is 73.2 cm³/mol. The molecule has 0 aliphatic rings. The highest BCUT2D eigenvalue weighted by molar-refractivity contribution is 7.66. The molecule has 0 radical (unpaired) electrons. The number of hydrogen-bond donors (Lipinski definition) is 4. The molecular formula is C8H21O10P3. The fraction of sp³-hybridized carbons (Fsp3) is 1.00. The summed E-state index contributed by atoms with van der Waals surface area (Å²) in [6.07, 6.45) is 5.32. The SMILES string of the molecule is CCCCCCCCOP(=O)(O)OP(=O)(O)OP(=O)(O)O. The lowest BCUT2D eigenvalue weighted by Crippen LogP contribution is -1.98. The Balaban J connectivity index is 4.06. The largest absolute Gasteiger partial charge is 0.490 e. The van der Waals surface area contributed by atoms with Gasteiger partial charge in [0, 0.05) is 0 Å². The van der Waals surface area contributed by atoms with Crippen molar-refractivity contribution in [2.75, 3.05) is 6.61 Å². The van der Waals surface area contributed by atoms with Crippen molar-refractivity contribution in [3.05, 3.63) is 0 Å². The van der Waals surface area contributed by atoms with E-state index in [-0.39, 0.29) is 6.61 Å². The lowest BCUT2D eigenvalue weighted by Gasteiger charge is -2.15. The van der Waals surface area contributed by atoms with Crippen molar-refractivity contribution >= 4 is 23.5 Å². The summed E-state index contributed by atoms with van der Waals surface area (Å²) >= 11 is 0. The van der Waals surface area contributed by atoms with E-state index in [1.165, 1.54) is 0 Å². The average Bonchev–Trinajstić information content (AvgIpc) is 2.22. The highest BCUT2D eigenvalue weighted by Gasteiger charge is 2.40. The molecule has 0 spiro atoms. The summed E-state index contributed by atoms with van der Waals surface area (Å²) in [5.41, 5.74) is 0. The van der Waals surface area contributed by atoms with Gasteiger partial charge in [0.25, 0.3) is 0 Å². The van der Waals surface area contributed by atoms with E-state index in [1.54, 1.807) is 0 Å². The van der Waals surface area contributed by atoms with Crippen LogP contribution < -0.4 is 0 Å². The van der Waals surface area contributed by atoms with Crippen molar-refractivity contribution in [2.24, 2.45) is 0 Å². The second kappa shape index (κ2) is 9.53. The van der Waals surface area contributed by atoms with Crippen molar-refractivity contribution in [3.8, 4) is 0 Å². The van der Waals surface area contributed by atoms with Crippen LogP contribution in [0.2, 0.25) is 0 Å². The number of hydrogen-bond acceptors (Lipinski definition) is 6. The van der Waals surface area contributed by atoms with E-state index >= 15 is 0 Å². The number of unbranched alkanes of at least 4 members (excludes halogenated alkanes) is 5. The molecular weight excluding hydrogens is 349 g/mol. The minimum absolute atomic E-state index is 0.199. The normalized spacial score (nSPS) is 18.1. The summed E-state index contributed by atoms with van der Waals surface area (Å²) in [5.74, 6) is 0. The van der Waals surface area contributed by atoms with Crippen LogP contribution in [0.4, 0.5) is 0 Å². The zero-order valence-electron chi connectivity index (χ0n) is 11.5. The summed E-state index contributed by atoms with van der Waals surface area (Å²) in [6.45, 7) is 1.87. The Hall–Kier alpha value is 0.410. The Kier molecular flexibility index (Phi) is 9.71. The Bertz CT molecular complexity index is 432. The van der Waals surface area contributed by atoms with Crippen molar-refractivity contribution < 1.29 is 46.4 Å². The maximum absolute atomic E-state index is 11.3. The molecule has 0 amide bonds. The van der Waals surface area contributed by atoms with E-state index < -0.39 is 23.5 Å². The van der Waals surface area contributed by atoms with Crippen molar-refractivity contribution in [1.29, 1.82) is 0 Å². The molecule has 0 heterocycles. The van der Waals surface area contributed by atoms with Crippen molar-refractivity contribution in [1.82, 2.24) is 0 Å². The van der Waals surface area contributed by atoms with Gasteiger partial charge in [-0.3, -0.25) is 4.52 Å². The highest BCUT2D eigenvalue weighted by atomic mass is 31.3. The first kappa shape index (κ1) is 21.4. The maximum atomic E-state index is 11.3. The van der Waals surface area contributed by atoms with Crippen LogP contribution in [-0.2, 0) is 26.8 Å². The van der Waals surface area contributed by atoms with Crippen LogP contribution in [0.15, 0.2) is 0 Å². The molecule has 13 heteroatoms. The molecule has 0 aromatic rings. The van der Waals surface area contributed by atoms with Crippen LogP contribution in [0, 0.1) is 0 Å². The first-order valence-electron chi connectivity index (χ1n) is 6.26. The average molecular weight is 370 g/mol. The van der Waals surface area contributed by atoms with Gasteiger partial charge >= 0.3 is 23.5 Å². The molecule has 2 unspecified atom stereocenters. The van der Waals surface area contributed by atoms with E-state index in [4.69, 9.17) is 19.6 Å². The van der Waals surface area contributed by atoms with Crippen LogP contribution in [0.1, 0.15) is 45.4 Å². The number of phosphoric acid groups is 3. The molecule has 4 N–H and O–H groups in total. The van der Waals surface area contributed by atoms with Gasteiger partial charge in [-0.25, -0.2) is 13.7 Å². The van der Waals surface area contributed by atoms with Crippen LogP contribution in [0.5, 0.6) is 0 Å². The molecule has 0 saturated heterocycles. The fourth-order valence-electron chi connectivity index (χ4n) is 1.37. The Morgan fingerprint density at radius 1 is 0.762 bits per heavy atom. The quantitative estimate of drug-likeness (QED) is 0.297. The monoisotopic (exact) mass is 370 g/mol. The van der Waals surface area contributed by atoms with Gasteiger partial charge in [-0.2, -0.15) is 8.62 Å². The molecule has 21 heavy (non-hydrogen) atoms. The van der Waals surface area contributed by atoms with Gasteiger partial charge in [0.1, 0.15) is 0 Å². The van der Waals surface area contributed by atoms with Crippen LogP contribution in [-0.4, -0.2) is 26.2 Å². The van der Waals surface area contributed by atoms with E-state index in [2.05, 4.69) is 20.1 Å². The first-order chi connectivity index (χ1) is 9.47. The molecule has 0 aliphatic heterocycles. The topological polar surface area (TPSA) is 160 Å². The fourth-order valence-corrected chi connectivity index (χ4v) is 4.42. The Morgan fingerprint density at radius 3 is 1.81 bits per heavy atom. The van der Waals surface area contributed by atoms with Gasteiger partial charge in [-0.15, -0.1) is 0 Å². The summed E-state index contributed by atoms with van der Waals surface area (Å²) in [4.78, 5) is 34.7. The second-order valence-electron chi connectivity index (χ2n) is 4.19. The first-order valence-corrected chi connectivity index (χ1v) is 10.8. The molecule has 0 aromatic carbocycles. The number of rotatable bonds is 12. The molecule has 0 aromatic heterocycles. The minimum Gasteiger partial charge on any atom is -0.302 e. The smallest absolute Gasteiger partial charge is 0.302 e. The zero-order valence-corrected chi connectivity index (χ0v) is 14.2. The third-order valence-electron chi connectivity index (χ3n) is 2.17. The van der Waals surface area contributed by atoms with E-state index in [9.17, 15) is 13.7 Å². The molecule has 0 bridgehead atoms. The highest BCUT2D eigenvalue weighted by Crippen LogP contribution is 2.66. The predicted octanol–water partition coefficient (Wildman–Crippen LogP) is 2.69. The summed E-state index contributed by atoms with van der Waals surface area (Å²) in [5, 5.41) is 0. The summed E-state index contributed by atoms with van der Waals surface area (Å²) < 4.78 is 44.2. The van der Waals surface area contributed by atoms with Crippen molar-refractivity contribution in [2.45, 2.75) is 45.4 Å². The zero-order chi connectivity index (χ0) is 16.6. The van der Waals surface area contributed by atoms with Crippen LogP contribution in [0.3, 0.4) is 0 Å². The standard InChI is InChI=1S/C8H21O10P3/c1-2-3-4-5-6-7-8-16-20(12,13)18-21(14,15)17-19(9,10)11/h2-8H2,1H3,(H,12,13)(H,14,15)(H2,9,10,11). The lowest BCUT2D eigenvalue weighted by molar-refractivity contribution is 0.170. The summed E-state index contributed by atoms with van der Waals surface area (Å²) in [6, 6.07) is 0. The Labute approximate surface area is 122 Å². The van der Waals surface area contributed by atoms with Gasteiger partial charge in [-0.1, -0.05) is 39.0 Å².